The number of nitrogens with zero attached hydrogens (tertiary/aromatic N) is 2. The largest absolute Gasteiger partial charge is 0.369 e. The summed E-state index contributed by atoms with van der Waals surface area (Å²) in [5, 5.41) is 6.80. The molecule has 1 saturated heterocycles. The van der Waals surface area contributed by atoms with Crippen molar-refractivity contribution in [1.29, 1.82) is 0 Å². The predicted molar refractivity (Wildman–Crippen MR) is 94.3 cm³/mol. The first kappa shape index (κ1) is 18.0. The molecular formula is C17H33N5O. The number of primary amides is 1. The maximum absolute atomic E-state index is 11.4. The number of guanidine groups is 1. The second-order valence-electron chi connectivity index (χ2n) is 7.51. The van der Waals surface area contributed by atoms with Gasteiger partial charge in [0.2, 0.25) is 5.91 Å². The zero-order chi connectivity index (χ0) is 16.9. The molecular weight excluding hydrogens is 290 g/mol. The summed E-state index contributed by atoms with van der Waals surface area (Å²) in [5.74, 6) is 0.477. The maximum atomic E-state index is 11.4. The first-order chi connectivity index (χ1) is 10.9. The van der Waals surface area contributed by atoms with Crippen LogP contribution >= 0.6 is 0 Å². The van der Waals surface area contributed by atoms with Crippen molar-refractivity contribution in [2.45, 2.75) is 65.0 Å². The fourth-order valence-electron chi connectivity index (χ4n) is 3.37. The van der Waals surface area contributed by atoms with E-state index in [1.54, 1.807) is 0 Å². The molecule has 0 aromatic heterocycles. The van der Waals surface area contributed by atoms with Crippen molar-refractivity contribution < 1.29 is 4.79 Å². The summed E-state index contributed by atoms with van der Waals surface area (Å²) in [6.07, 6.45) is 6.62. The molecule has 0 radical (unpaired) electrons. The summed E-state index contributed by atoms with van der Waals surface area (Å²) in [4.78, 5) is 18.6. The van der Waals surface area contributed by atoms with Gasteiger partial charge in [-0.3, -0.25) is 14.7 Å². The predicted octanol–water partition coefficient (Wildman–Crippen LogP) is 1.07. The highest BCUT2D eigenvalue weighted by molar-refractivity contribution is 5.82. The molecule has 6 nitrogen and oxygen atoms in total. The average molecular weight is 323 g/mol. The molecule has 23 heavy (non-hydrogen) atoms. The van der Waals surface area contributed by atoms with Crippen LogP contribution in [0.15, 0.2) is 4.99 Å². The van der Waals surface area contributed by atoms with Crippen molar-refractivity contribution in [1.82, 2.24) is 15.5 Å². The molecule has 1 atom stereocenters. The van der Waals surface area contributed by atoms with Crippen LogP contribution < -0.4 is 16.4 Å². The van der Waals surface area contributed by atoms with E-state index in [0.29, 0.717) is 12.6 Å². The van der Waals surface area contributed by atoms with Crippen molar-refractivity contribution >= 4 is 11.9 Å². The van der Waals surface area contributed by atoms with E-state index in [4.69, 9.17) is 5.73 Å². The van der Waals surface area contributed by atoms with Gasteiger partial charge in [-0.1, -0.05) is 12.8 Å². The first-order valence-corrected chi connectivity index (χ1v) is 9.01. The van der Waals surface area contributed by atoms with Crippen LogP contribution in [0.2, 0.25) is 0 Å². The van der Waals surface area contributed by atoms with Gasteiger partial charge in [0.25, 0.3) is 0 Å². The van der Waals surface area contributed by atoms with Crippen LogP contribution in [-0.4, -0.2) is 55.0 Å². The number of aliphatic imine (C=N–C) groups is 1. The summed E-state index contributed by atoms with van der Waals surface area (Å²) in [6, 6.07) is 1.22. The number of likely N-dealkylation sites (tertiary alicyclic amines) is 1. The van der Waals surface area contributed by atoms with Gasteiger partial charge in [0.1, 0.15) is 0 Å². The highest BCUT2D eigenvalue weighted by Gasteiger charge is 2.30. The number of carbonyl (C=O) groups excluding carboxylic acids is 1. The monoisotopic (exact) mass is 323 g/mol. The third-order valence-corrected chi connectivity index (χ3v) is 5.05. The van der Waals surface area contributed by atoms with E-state index in [9.17, 15) is 4.79 Å². The summed E-state index contributed by atoms with van der Waals surface area (Å²) in [5.41, 5.74) is 4.81. The van der Waals surface area contributed by atoms with Crippen LogP contribution in [0.1, 0.15) is 52.9 Å². The lowest BCUT2D eigenvalue weighted by atomic mass is 9.93. The van der Waals surface area contributed by atoms with E-state index < -0.39 is 5.41 Å². The quantitative estimate of drug-likeness (QED) is 0.504. The van der Waals surface area contributed by atoms with Gasteiger partial charge in [0.15, 0.2) is 5.96 Å². The molecule has 1 heterocycles. The van der Waals surface area contributed by atoms with E-state index in [-0.39, 0.29) is 5.91 Å². The van der Waals surface area contributed by atoms with E-state index in [1.165, 1.54) is 32.2 Å². The van der Waals surface area contributed by atoms with Crippen molar-refractivity contribution in [3.05, 3.63) is 0 Å². The molecule has 1 saturated carbocycles. The van der Waals surface area contributed by atoms with Crippen LogP contribution in [-0.2, 0) is 4.79 Å². The molecule has 6 heteroatoms. The molecule has 2 aliphatic rings. The third-order valence-electron chi connectivity index (χ3n) is 5.05. The Hall–Kier alpha value is -1.30. The van der Waals surface area contributed by atoms with Gasteiger partial charge in [-0.2, -0.15) is 0 Å². The highest BCUT2D eigenvalue weighted by atomic mass is 16.1. The van der Waals surface area contributed by atoms with E-state index >= 15 is 0 Å². The molecule has 0 spiro atoms. The fourth-order valence-corrected chi connectivity index (χ4v) is 3.37. The van der Waals surface area contributed by atoms with E-state index in [2.05, 4.69) is 27.4 Å². The van der Waals surface area contributed by atoms with Crippen LogP contribution in [0, 0.1) is 5.41 Å². The van der Waals surface area contributed by atoms with E-state index in [1.807, 2.05) is 13.8 Å². The molecule has 4 N–H and O–H groups in total. The number of amides is 1. The molecule has 0 aromatic rings. The number of carbonyl (C=O) groups is 1. The fraction of sp³-hybridized carbons (Fsp3) is 0.882. The lowest BCUT2D eigenvalue weighted by molar-refractivity contribution is -0.125. The summed E-state index contributed by atoms with van der Waals surface area (Å²) in [7, 11) is 0. The number of nitrogens with one attached hydrogen (secondary N) is 2. The lowest BCUT2D eigenvalue weighted by Crippen LogP contribution is -2.46. The molecule has 1 unspecified atom stereocenters. The first-order valence-electron chi connectivity index (χ1n) is 9.01. The maximum Gasteiger partial charge on any atom is 0.224 e. The SMILES string of the molecule is CCNC(=NCC(C)(C)C(N)=O)NC1CCN(C2CCCC2)C1. The molecule has 1 aliphatic carbocycles. The molecule has 1 amide bonds. The van der Waals surface area contributed by atoms with Crippen molar-refractivity contribution in [3.8, 4) is 0 Å². The summed E-state index contributed by atoms with van der Waals surface area (Å²) in [6.45, 7) is 9.19. The van der Waals surface area contributed by atoms with Gasteiger partial charge in [-0.15, -0.1) is 0 Å². The van der Waals surface area contributed by atoms with E-state index in [0.717, 1.165) is 31.5 Å². The number of nitrogens with two attached hydrogens (primary N) is 1. The van der Waals surface area contributed by atoms with Gasteiger partial charge < -0.3 is 16.4 Å². The van der Waals surface area contributed by atoms with Crippen LogP contribution in [0.3, 0.4) is 0 Å². The number of hydrogen-bond donors (Lipinski definition) is 3. The molecule has 2 rings (SSSR count). The Kier molecular flexibility index (Phi) is 6.27. The molecule has 0 aromatic carbocycles. The molecule has 1 aliphatic heterocycles. The Morgan fingerprint density at radius 2 is 2.00 bits per heavy atom. The van der Waals surface area contributed by atoms with Crippen LogP contribution in [0.25, 0.3) is 0 Å². The third kappa shape index (κ3) is 5.09. The minimum Gasteiger partial charge on any atom is -0.369 e. The zero-order valence-electron chi connectivity index (χ0n) is 14.9. The minimum atomic E-state index is -0.617. The second-order valence-corrected chi connectivity index (χ2v) is 7.51. The standard InChI is InChI=1S/C17H33N5O/c1-4-19-16(20-12-17(2,3)15(18)23)21-13-9-10-22(11-13)14-7-5-6-8-14/h13-14H,4-12H2,1-3H3,(H2,18,23)(H2,19,20,21). The van der Waals surface area contributed by atoms with Crippen LogP contribution in [0.4, 0.5) is 0 Å². The Morgan fingerprint density at radius 1 is 1.30 bits per heavy atom. The zero-order valence-corrected chi connectivity index (χ0v) is 14.9. The van der Waals surface area contributed by atoms with Gasteiger partial charge in [0, 0.05) is 31.7 Å². The second kappa shape index (κ2) is 7.99. The van der Waals surface area contributed by atoms with Gasteiger partial charge >= 0.3 is 0 Å². The topological polar surface area (TPSA) is 82.7 Å². The van der Waals surface area contributed by atoms with Gasteiger partial charge in [-0.05, 0) is 40.0 Å². The molecule has 132 valence electrons. The van der Waals surface area contributed by atoms with Crippen molar-refractivity contribution in [3.63, 3.8) is 0 Å². The summed E-state index contributed by atoms with van der Waals surface area (Å²) < 4.78 is 0. The minimum absolute atomic E-state index is 0.314. The van der Waals surface area contributed by atoms with Crippen molar-refractivity contribution in [2.75, 3.05) is 26.2 Å². The normalized spacial score (nSPS) is 24.1. The Bertz CT molecular complexity index is 429. The lowest BCUT2D eigenvalue weighted by Gasteiger charge is -2.24. The smallest absolute Gasteiger partial charge is 0.224 e. The van der Waals surface area contributed by atoms with Gasteiger partial charge in [0.05, 0.1) is 12.0 Å². The van der Waals surface area contributed by atoms with Crippen LogP contribution in [0.5, 0.6) is 0 Å². The van der Waals surface area contributed by atoms with Crippen molar-refractivity contribution in [2.24, 2.45) is 16.1 Å². The molecule has 0 bridgehead atoms. The molecule has 2 fully saturated rings. The Morgan fingerprint density at radius 3 is 2.61 bits per heavy atom. The number of rotatable bonds is 6. The highest BCUT2D eigenvalue weighted by Crippen LogP contribution is 2.26. The average Bonchev–Trinajstić information content (AvgIpc) is 3.15. The Labute approximate surface area is 140 Å². The number of hydrogen-bond acceptors (Lipinski definition) is 3. The Balaban J connectivity index is 1.88. The summed E-state index contributed by atoms with van der Waals surface area (Å²) >= 11 is 0. The van der Waals surface area contributed by atoms with Gasteiger partial charge in [-0.25, -0.2) is 0 Å².